The molecule has 0 bridgehead atoms. The van der Waals surface area contributed by atoms with E-state index in [9.17, 15) is 18.3 Å². The molecule has 3 N–H and O–H groups in total. The number of hydrogen-bond donors (Lipinski definition) is 3. The molecule has 1 atom stereocenters. The van der Waals surface area contributed by atoms with Crippen LogP contribution in [-0.2, 0) is 20.6 Å². The number of carbonyl (C=O) groups is 1. The van der Waals surface area contributed by atoms with Crippen molar-refractivity contribution in [2.75, 3.05) is 6.54 Å². The minimum atomic E-state index is -3.72. The van der Waals surface area contributed by atoms with Gasteiger partial charge in [-0.3, -0.25) is 0 Å². The first kappa shape index (κ1) is 16.6. The number of aryl methyl sites for hydroxylation is 2. The van der Waals surface area contributed by atoms with E-state index in [4.69, 9.17) is 5.11 Å². The molecule has 0 aliphatic carbocycles. The van der Waals surface area contributed by atoms with Gasteiger partial charge in [0.2, 0.25) is 10.0 Å². The summed E-state index contributed by atoms with van der Waals surface area (Å²) in [7, 11) is -3.72. The molecule has 7 heteroatoms. The topological polar surface area (TPSA) is 104 Å². The maximum Gasteiger partial charge on any atom is 0.336 e. The molecule has 0 spiro atoms. The lowest BCUT2D eigenvalue weighted by Crippen LogP contribution is -2.46. The highest BCUT2D eigenvalue weighted by Gasteiger charge is 2.31. The third-order valence-electron chi connectivity index (χ3n) is 3.08. The highest BCUT2D eigenvalue weighted by atomic mass is 32.2. The van der Waals surface area contributed by atoms with Gasteiger partial charge in [0, 0.05) is 6.54 Å². The van der Waals surface area contributed by atoms with Crippen molar-refractivity contribution in [2.24, 2.45) is 0 Å². The lowest BCUT2D eigenvalue weighted by Gasteiger charge is -2.19. The van der Waals surface area contributed by atoms with Gasteiger partial charge in [0.05, 0.1) is 5.75 Å². The van der Waals surface area contributed by atoms with Crippen molar-refractivity contribution in [1.29, 1.82) is 0 Å². The normalized spacial score (nSPS) is 14.8. The summed E-state index contributed by atoms with van der Waals surface area (Å²) in [5.41, 5.74) is 0.240. The number of carboxylic acid groups (broad SMARTS) is 1. The Kier molecular flexibility index (Phi) is 4.90. The minimum absolute atomic E-state index is 0.249. The van der Waals surface area contributed by atoms with Gasteiger partial charge in [-0.15, -0.1) is 0 Å². The van der Waals surface area contributed by atoms with Gasteiger partial charge < -0.3 is 10.2 Å². The standard InChI is InChI=1S/C13H19NO5S/c1-9-5-4-6-10(2)11(9)7-20(18,19)14-8-13(3,17)12(15)16/h4-6,14,17H,7-8H2,1-3H3,(H,15,16). The van der Waals surface area contributed by atoms with Crippen molar-refractivity contribution in [2.45, 2.75) is 32.1 Å². The summed E-state index contributed by atoms with van der Waals surface area (Å²) in [6.45, 7) is 4.09. The van der Waals surface area contributed by atoms with Crippen molar-refractivity contribution in [1.82, 2.24) is 4.72 Å². The molecule has 20 heavy (non-hydrogen) atoms. The number of aliphatic carboxylic acids is 1. The highest BCUT2D eigenvalue weighted by Crippen LogP contribution is 2.16. The maximum absolute atomic E-state index is 12.0. The second kappa shape index (κ2) is 5.90. The molecule has 6 nitrogen and oxygen atoms in total. The van der Waals surface area contributed by atoms with E-state index in [0.29, 0.717) is 5.56 Å². The molecule has 1 aromatic carbocycles. The van der Waals surface area contributed by atoms with Crippen LogP contribution >= 0.6 is 0 Å². The van der Waals surface area contributed by atoms with Crippen molar-refractivity contribution in [3.63, 3.8) is 0 Å². The molecule has 112 valence electrons. The van der Waals surface area contributed by atoms with E-state index in [0.717, 1.165) is 18.1 Å². The average molecular weight is 301 g/mol. The SMILES string of the molecule is Cc1cccc(C)c1CS(=O)(=O)NCC(C)(O)C(=O)O. The van der Waals surface area contributed by atoms with E-state index in [2.05, 4.69) is 4.72 Å². The molecule has 1 unspecified atom stereocenters. The Bertz CT molecular complexity index is 587. The van der Waals surface area contributed by atoms with E-state index >= 15 is 0 Å². The molecule has 0 saturated carbocycles. The van der Waals surface area contributed by atoms with Crippen LogP contribution in [-0.4, -0.2) is 36.7 Å². The van der Waals surface area contributed by atoms with E-state index in [1.165, 1.54) is 0 Å². The number of carboxylic acids is 1. The largest absolute Gasteiger partial charge is 0.479 e. The van der Waals surface area contributed by atoms with Crippen LogP contribution in [0.15, 0.2) is 18.2 Å². The Morgan fingerprint density at radius 2 is 1.80 bits per heavy atom. The van der Waals surface area contributed by atoms with E-state index in [1.54, 1.807) is 0 Å². The predicted octanol–water partition coefficient (Wildman–Crippen LogP) is 0.558. The molecule has 0 heterocycles. The van der Waals surface area contributed by atoms with Gasteiger partial charge in [-0.05, 0) is 37.5 Å². The molecule has 0 aromatic heterocycles. The minimum Gasteiger partial charge on any atom is -0.479 e. The third kappa shape index (κ3) is 4.29. The lowest BCUT2D eigenvalue weighted by atomic mass is 10.1. The van der Waals surface area contributed by atoms with Crippen LogP contribution in [0, 0.1) is 13.8 Å². The number of benzene rings is 1. The summed E-state index contributed by atoms with van der Waals surface area (Å²) in [6.07, 6.45) is 0. The molecule has 0 radical (unpaired) electrons. The Labute approximate surface area is 118 Å². The average Bonchev–Trinajstić information content (AvgIpc) is 2.32. The first-order chi connectivity index (χ1) is 9.05. The maximum atomic E-state index is 12.0. The Balaban J connectivity index is 2.84. The molecule has 1 aromatic rings. The molecule has 0 amide bonds. The highest BCUT2D eigenvalue weighted by molar-refractivity contribution is 7.88. The van der Waals surface area contributed by atoms with Crippen LogP contribution < -0.4 is 4.72 Å². The fourth-order valence-electron chi connectivity index (χ4n) is 1.64. The molecule has 0 saturated heterocycles. The molecule has 0 fully saturated rings. The summed E-state index contributed by atoms with van der Waals surface area (Å²) < 4.78 is 26.0. The number of aliphatic hydroxyl groups is 1. The van der Waals surface area contributed by atoms with Gasteiger partial charge in [0.25, 0.3) is 0 Å². The second-order valence-corrected chi connectivity index (χ2v) is 6.84. The van der Waals surface area contributed by atoms with Crippen LogP contribution in [0.2, 0.25) is 0 Å². The Hall–Kier alpha value is -1.44. The first-order valence-electron chi connectivity index (χ1n) is 6.03. The zero-order valence-electron chi connectivity index (χ0n) is 11.7. The number of hydrogen-bond acceptors (Lipinski definition) is 4. The summed E-state index contributed by atoms with van der Waals surface area (Å²) in [4.78, 5) is 10.7. The smallest absolute Gasteiger partial charge is 0.336 e. The van der Waals surface area contributed by atoms with Crippen molar-refractivity contribution in [3.8, 4) is 0 Å². The van der Waals surface area contributed by atoms with Gasteiger partial charge >= 0.3 is 5.97 Å². The summed E-state index contributed by atoms with van der Waals surface area (Å²) in [6, 6.07) is 5.46. The molecular weight excluding hydrogens is 282 g/mol. The van der Waals surface area contributed by atoms with Gasteiger partial charge in [-0.1, -0.05) is 18.2 Å². The van der Waals surface area contributed by atoms with Gasteiger partial charge in [0.1, 0.15) is 0 Å². The fraction of sp³-hybridized carbons (Fsp3) is 0.462. The quantitative estimate of drug-likeness (QED) is 0.712. The van der Waals surface area contributed by atoms with Crippen LogP contribution in [0.1, 0.15) is 23.6 Å². The summed E-state index contributed by atoms with van der Waals surface area (Å²) >= 11 is 0. The monoisotopic (exact) mass is 301 g/mol. The third-order valence-corrected chi connectivity index (χ3v) is 4.33. The van der Waals surface area contributed by atoms with E-state index in [-0.39, 0.29) is 5.75 Å². The molecule has 0 aliphatic heterocycles. The van der Waals surface area contributed by atoms with Crippen molar-refractivity contribution in [3.05, 3.63) is 34.9 Å². The molecule has 0 aliphatic rings. The number of nitrogens with one attached hydrogen (secondary N) is 1. The Morgan fingerprint density at radius 3 is 2.25 bits per heavy atom. The van der Waals surface area contributed by atoms with Crippen LogP contribution in [0.5, 0.6) is 0 Å². The van der Waals surface area contributed by atoms with Crippen LogP contribution in [0.4, 0.5) is 0 Å². The van der Waals surface area contributed by atoms with Crippen LogP contribution in [0.3, 0.4) is 0 Å². The van der Waals surface area contributed by atoms with Crippen molar-refractivity contribution < 1.29 is 23.4 Å². The van der Waals surface area contributed by atoms with Gasteiger partial charge in [-0.2, -0.15) is 0 Å². The summed E-state index contributed by atoms with van der Waals surface area (Å²) in [5, 5.41) is 18.2. The predicted molar refractivity (Wildman–Crippen MR) is 74.8 cm³/mol. The molecular formula is C13H19NO5S. The Morgan fingerprint density at radius 1 is 1.30 bits per heavy atom. The second-order valence-electron chi connectivity index (χ2n) is 5.03. The zero-order chi connectivity index (χ0) is 15.6. The summed E-state index contributed by atoms with van der Waals surface area (Å²) in [5.74, 6) is -1.73. The van der Waals surface area contributed by atoms with Crippen molar-refractivity contribution >= 4 is 16.0 Å². The fourth-order valence-corrected chi connectivity index (χ4v) is 3.08. The lowest BCUT2D eigenvalue weighted by molar-refractivity contribution is -0.155. The van der Waals surface area contributed by atoms with Gasteiger partial charge in [-0.25, -0.2) is 17.9 Å². The van der Waals surface area contributed by atoms with Gasteiger partial charge in [0.15, 0.2) is 5.60 Å². The number of sulfonamides is 1. The van der Waals surface area contributed by atoms with E-state index < -0.39 is 28.1 Å². The zero-order valence-corrected chi connectivity index (χ0v) is 12.5. The van der Waals surface area contributed by atoms with E-state index in [1.807, 2.05) is 32.0 Å². The van der Waals surface area contributed by atoms with Crippen LogP contribution in [0.25, 0.3) is 0 Å². The molecule has 1 rings (SSSR count). The first-order valence-corrected chi connectivity index (χ1v) is 7.68. The number of rotatable bonds is 6.